The monoisotopic (exact) mass is 486 g/mol. The van der Waals surface area contributed by atoms with E-state index in [2.05, 4.69) is 11.6 Å². The van der Waals surface area contributed by atoms with Crippen LogP contribution in [0.3, 0.4) is 0 Å². The third-order valence-corrected chi connectivity index (χ3v) is 6.29. The van der Waals surface area contributed by atoms with Crippen LogP contribution in [0.1, 0.15) is 87.1 Å². The largest absolute Gasteiger partial charge is 0.508 e. The maximum atomic E-state index is 13.1. The lowest BCUT2D eigenvalue weighted by atomic mass is 10.0. The van der Waals surface area contributed by atoms with Crippen molar-refractivity contribution in [2.45, 2.75) is 77.2 Å². The summed E-state index contributed by atoms with van der Waals surface area (Å²) < 4.78 is 5.74. The number of phenols is 2. The van der Waals surface area contributed by atoms with Gasteiger partial charge in [0.05, 0.1) is 0 Å². The fraction of sp³-hybridized carbons (Fsp3) is 0.556. The number of aromatic hydroxyl groups is 2. The van der Waals surface area contributed by atoms with Crippen molar-refractivity contribution in [3.63, 3.8) is 0 Å². The first-order chi connectivity index (χ1) is 17.0. The molecule has 1 atom stereocenters. The third-order valence-electron chi connectivity index (χ3n) is 6.29. The number of allylic oxidation sites excluding steroid dienone is 2. The van der Waals surface area contributed by atoms with E-state index in [-0.39, 0.29) is 35.7 Å². The number of likely N-dealkylation sites (tertiary alicyclic amines) is 1. The zero-order valence-electron chi connectivity index (χ0n) is 20.6. The number of ether oxygens (including phenoxy) is 1. The van der Waals surface area contributed by atoms with Crippen LogP contribution in [-0.2, 0) is 14.4 Å². The van der Waals surface area contributed by atoms with E-state index in [0.717, 1.165) is 64.1 Å². The molecule has 0 aliphatic carbocycles. The molecule has 1 aromatic carbocycles. The van der Waals surface area contributed by atoms with Gasteiger partial charge in [0.25, 0.3) is 5.91 Å². The van der Waals surface area contributed by atoms with Gasteiger partial charge in [-0.1, -0.05) is 25.5 Å². The fourth-order valence-corrected chi connectivity index (χ4v) is 4.44. The minimum absolute atomic E-state index is 0.00589. The van der Waals surface area contributed by atoms with E-state index in [1.54, 1.807) is 6.08 Å². The van der Waals surface area contributed by atoms with Crippen molar-refractivity contribution < 1.29 is 29.4 Å². The van der Waals surface area contributed by atoms with Crippen LogP contribution in [0.15, 0.2) is 30.0 Å². The number of esters is 1. The zero-order chi connectivity index (χ0) is 25.0. The number of piperidine rings is 1. The lowest BCUT2D eigenvalue weighted by Crippen LogP contribution is -2.39. The smallest absolute Gasteiger partial charge is 0.342 e. The second kappa shape index (κ2) is 13.8. The van der Waals surface area contributed by atoms with Crippen LogP contribution in [-0.4, -0.2) is 52.8 Å². The highest BCUT2D eigenvalue weighted by Gasteiger charge is 2.22. The molecule has 1 aromatic rings. The number of rotatable bonds is 6. The Balaban J connectivity index is 1.81. The Hall–Kier alpha value is -3.00. The van der Waals surface area contributed by atoms with Crippen LogP contribution in [0.5, 0.6) is 11.5 Å². The molecule has 35 heavy (non-hydrogen) atoms. The summed E-state index contributed by atoms with van der Waals surface area (Å²) in [7, 11) is 0. The lowest BCUT2D eigenvalue weighted by molar-refractivity contribution is -0.139. The molecule has 0 aromatic heterocycles. The average Bonchev–Trinajstić information content (AvgIpc) is 2.82. The molecule has 192 valence electrons. The van der Waals surface area contributed by atoms with Gasteiger partial charge in [-0.15, -0.1) is 0 Å². The van der Waals surface area contributed by atoms with Gasteiger partial charge in [-0.25, -0.2) is 4.79 Å². The molecule has 0 spiro atoms. The van der Waals surface area contributed by atoms with Crippen molar-refractivity contribution in [3.05, 3.63) is 41.1 Å². The molecule has 8 nitrogen and oxygen atoms in total. The quantitative estimate of drug-likeness (QED) is 0.301. The highest BCUT2D eigenvalue weighted by molar-refractivity contribution is 5.97. The highest BCUT2D eigenvalue weighted by atomic mass is 16.6. The molecule has 2 aliphatic heterocycles. The molecule has 1 amide bonds. The molecular weight excluding hydrogens is 448 g/mol. The third kappa shape index (κ3) is 8.31. The van der Waals surface area contributed by atoms with Crippen LogP contribution >= 0.6 is 0 Å². The number of hydrogen-bond acceptors (Lipinski definition) is 7. The summed E-state index contributed by atoms with van der Waals surface area (Å²) in [6.45, 7) is 3.44. The van der Waals surface area contributed by atoms with E-state index in [4.69, 9.17) is 9.57 Å². The normalized spacial score (nSPS) is 21.3. The molecule has 1 unspecified atom stereocenters. The Kier molecular flexibility index (Phi) is 10.5. The average molecular weight is 487 g/mol. The summed E-state index contributed by atoms with van der Waals surface area (Å²) in [6.07, 6.45) is 14.2. The first-order valence-electron chi connectivity index (χ1n) is 12.8. The van der Waals surface area contributed by atoms with Crippen molar-refractivity contribution >= 4 is 18.0 Å². The van der Waals surface area contributed by atoms with Gasteiger partial charge >= 0.3 is 5.97 Å². The van der Waals surface area contributed by atoms with Crippen LogP contribution in [0.25, 0.3) is 6.08 Å². The van der Waals surface area contributed by atoms with Gasteiger partial charge in [0.1, 0.15) is 23.2 Å². The number of nitrogens with one attached hydrogen (secondary N) is 1. The number of benzene rings is 1. The molecule has 0 radical (unpaired) electrons. The number of carbonyl (C=O) groups excluding carboxylic acids is 2. The number of hydrogen-bond donors (Lipinski definition) is 3. The second-order valence-electron chi connectivity index (χ2n) is 9.20. The van der Waals surface area contributed by atoms with Crippen molar-refractivity contribution in [2.24, 2.45) is 0 Å². The number of hydroxylamine groups is 1. The maximum absolute atomic E-state index is 13.1. The van der Waals surface area contributed by atoms with Crippen molar-refractivity contribution in [2.75, 3.05) is 19.7 Å². The number of carbonyl (C=O) groups is 2. The Morgan fingerprint density at radius 2 is 1.94 bits per heavy atom. The van der Waals surface area contributed by atoms with E-state index < -0.39 is 5.97 Å². The Labute approximate surface area is 207 Å². The number of cyclic esters (lactones) is 1. The number of amides is 1. The Morgan fingerprint density at radius 1 is 1.14 bits per heavy atom. The first-order valence-corrected chi connectivity index (χ1v) is 12.8. The van der Waals surface area contributed by atoms with Gasteiger partial charge in [0.2, 0.25) is 0 Å². The predicted octanol–water partition coefficient (Wildman–Crippen LogP) is 4.82. The van der Waals surface area contributed by atoms with E-state index in [1.807, 2.05) is 17.9 Å². The van der Waals surface area contributed by atoms with E-state index >= 15 is 0 Å². The van der Waals surface area contributed by atoms with Crippen molar-refractivity contribution in [1.29, 1.82) is 0 Å². The lowest BCUT2D eigenvalue weighted by Gasteiger charge is -2.26. The van der Waals surface area contributed by atoms with Crippen LogP contribution < -0.4 is 5.48 Å². The first kappa shape index (κ1) is 26.6. The van der Waals surface area contributed by atoms with Gasteiger partial charge in [-0.3, -0.25) is 15.1 Å². The summed E-state index contributed by atoms with van der Waals surface area (Å²) in [4.78, 5) is 32.9. The predicted molar refractivity (Wildman–Crippen MR) is 134 cm³/mol. The SMILES string of the molecule is CCCC1CC=CCCCC/C(NOCC(=O)N2CCCCC2)=C/c2cc(O)cc(O)c2C(=O)O1. The summed E-state index contributed by atoms with van der Waals surface area (Å²) in [5, 5.41) is 20.6. The fourth-order valence-electron chi connectivity index (χ4n) is 4.44. The summed E-state index contributed by atoms with van der Waals surface area (Å²) in [5.41, 5.74) is 3.83. The summed E-state index contributed by atoms with van der Waals surface area (Å²) in [5.74, 6) is -1.22. The molecule has 2 heterocycles. The summed E-state index contributed by atoms with van der Waals surface area (Å²) >= 11 is 0. The molecule has 2 aliphatic rings. The molecule has 1 fully saturated rings. The standard InChI is InChI=1S/C27H38N2O6/c1-2-11-23-13-8-5-3-4-7-12-21(28-34-19-25(32)29-14-9-6-10-15-29)16-20-17-22(30)18-24(31)26(20)27(33)35-23/h5,8,16-18,23,28,30-31H,2-4,6-7,9-15,19H2,1H3/b8-5?,21-16-. The van der Waals surface area contributed by atoms with Gasteiger partial charge in [-0.05, 0) is 69.1 Å². The zero-order valence-corrected chi connectivity index (χ0v) is 20.6. The molecule has 3 rings (SSSR count). The number of nitrogens with zero attached hydrogens (tertiary/aromatic N) is 1. The molecular formula is C27H38N2O6. The highest BCUT2D eigenvalue weighted by Crippen LogP contribution is 2.31. The second-order valence-corrected chi connectivity index (χ2v) is 9.20. The molecule has 3 N–H and O–H groups in total. The molecule has 0 bridgehead atoms. The minimum Gasteiger partial charge on any atom is -0.508 e. The van der Waals surface area contributed by atoms with Crippen molar-refractivity contribution in [1.82, 2.24) is 10.4 Å². The number of phenolic OH excluding ortho intramolecular Hbond substituents is 2. The Bertz CT molecular complexity index is 920. The van der Waals surface area contributed by atoms with E-state index in [1.165, 1.54) is 6.07 Å². The van der Waals surface area contributed by atoms with E-state index in [0.29, 0.717) is 30.5 Å². The number of fused-ring (bicyclic) bond motifs is 1. The van der Waals surface area contributed by atoms with Crippen LogP contribution in [0, 0.1) is 0 Å². The summed E-state index contributed by atoms with van der Waals surface area (Å²) in [6, 6.07) is 2.55. The van der Waals surface area contributed by atoms with Gasteiger partial charge in [0, 0.05) is 31.3 Å². The topological polar surface area (TPSA) is 108 Å². The van der Waals surface area contributed by atoms with Crippen LogP contribution in [0.2, 0.25) is 0 Å². The molecule has 1 saturated heterocycles. The van der Waals surface area contributed by atoms with Crippen LogP contribution in [0.4, 0.5) is 0 Å². The van der Waals surface area contributed by atoms with Gasteiger partial charge < -0.3 is 19.8 Å². The molecule has 0 saturated carbocycles. The van der Waals surface area contributed by atoms with E-state index in [9.17, 15) is 19.8 Å². The molecule has 8 heteroatoms. The van der Waals surface area contributed by atoms with Gasteiger partial charge in [-0.2, -0.15) is 0 Å². The Morgan fingerprint density at radius 3 is 2.71 bits per heavy atom. The van der Waals surface area contributed by atoms with Crippen molar-refractivity contribution in [3.8, 4) is 11.5 Å². The minimum atomic E-state index is -0.641. The van der Waals surface area contributed by atoms with Gasteiger partial charge in [0.15, 0.2) is 6.61 Å². The maximum Gasteiger partial charge on any atom is 0.342 e.